The Morgan fingerprint density at radius 1 is 1.39 bits per heavy atom. The van der Waals surface area contributed by atoms with Gasteiger partial charge in [-0.1, -0.05) is 20.8 Å². The predicted molar refractivity (Wildman–Crippen MR) is 90.0 cm³/mol. The topological polar surface area (TPSA) is 65.0 Å². The van der Waals surface area contributed by atoms with E-state index in [9.17, 15) is 9.90 Å². The zero-order chi connectivity index (χ0) is 17.4. The average Bonchev–Trinajstić information content (AvgIpc) is 2.89. The third kappa shape index (κ3) is 3.49. The third-order valence-electron chi connectivity index (χ3n) is 5.77. The van der Waals surface area contributed by atoms with Gasteiger partial charge in [-0.3, -0.25) is 0 Å². The lowest BCUT2D eigenvalue weighted by atomic mass is 9.83. The first-order valence-electron chi connectivity index (χ1n) is 8.35. The lowest BCUT2D eigenvalue weighted by Crippen LogP contribution is -2.49. The van der Waals surface area contributed by atoms with Crippen LogP contribution < -0.4 is 0 Å². The van der Waals surface area contributed by atoms with Crippen LogP contribution in [0.3, 0.4) is 0 Å². The molecule has 23 heavy (non-hydrogen) atoms. The van der Waals surface area contributed by atoms with Gasteiger partial charge >= 0.3 is 5.97 Å². The average molecular weight is 343 g/mol. The summed E-state index contributed by atoms with van der Waals surface area (Å²) < 4.78 is 17.2. The fourth-order valence-corrected chi connectivity index (χ4v) is 4.45. The van der Waals surface area contributed by atoms with Crippen molar-refractivity contribution in [3.63, 3.8) is 0 Å². The van der Waals surface area contributed by atoms with Crippen molar-refractivity contribution < 1.29 is 23.8 Å². The molecule has 0 spiro atoms. The Bertz CT molecular complexity index is 480. The Kier molecular flexibility index (Phi) is 5.28. The summed E-state index contributed by atoms with van der Waals surface area (Å²) in [6.45, 7) is 11.0. The number of fused-ring (bicyclic) bond motifs is 1. The summed E-state index contributed by atoms with van der Waals surface area (Å²) in [5.41, 5.74) is 0.573. The number of aliphatic hydroxyl groups is 1. The summed E-state index contributed by atoms with van der Waals surface area (Å²) in [5, 5.41) is 9.80. The van der Waals surface area contributed by atoms with Crippen molar-refractivity contribution in [3.8, 4) is 0 Å². The second-order valence-electron chi connectivity index (χ2n) is 8.15. The quantitative estimate of drug-likeness (QED) is 0.628. The fraction of sp³-hybridized carbons (Fsp3) is 0.824. The molecule has 0 bridgehead atoms. The van der Waals surface area contributed by atoms with Gasteiger partial charge in [0.25, 0.3) is 0 Å². The Balaban J connectivity index is 2.27. The molecular formula is C17H30O5Si. The first kappa shape index (κ1) is 18.5. The monoisotopic (exact) mass is 342 g/mol. The molecule has 1 fully saturated rings. The minimum Gasteiger partial charge on any atom is -0.473 e. The minimum atomic E-state index is -2.00. The molecule has 5 nitrogen and oxygen atoms in total. The molecule has 1 heterocycles. The molecule has 132 valence electrons. The number of hydrogen-bond donors (Lipinski definition) is 1. The highest BCUT2D eigenvalue weighted by molar-refractivity contribution is 6.74. The molecule has 0 aromatic rings. The number of methoxy groups -OCH3 is 1. The maximum Gasteiger partial charge on any atom is 0.337 e. The van der Waals surface area contributed by atoms with Gasteiger partial charge in [-0.15, -0.1) is 0 Å². The zero-order valence-corrected chi connectivity index (χ0v) is 16.1. The summed E-state index contributed by atoms with van der Waals surface area (Å²) in [6, 6.07) is 0. The molecule has 4 atom stereocenters. The van der Waals surface area contributed by atoms with Crippen molar-refractivity contribution in [2.45, 2.75) is 58.0 Å². The molecule has 2 rings (SSSR count). The van der Waals surface area contributed by atoms with Crippen LogP contribution in [0.4, 0.5) is 0 Å². The van der Waals surface area contributed by atoms with E-state index in [1.165, 1.54) is 13.4 Å². The van der Waals surface area contributed by atoms with E-state index in [1.807, 2.05) is 0 Å². The first-order valence-corrected chi connectivity index (χ1v) is 11.3. The van der Waals surface area contributed by atoms with Gasteiger partial charge in [0, 0.05) is 18.4 Å². The van der Waals surface area contributed by atoms with Crippen molar-refractivity contribution in [2.75, 3.05) is 13.7 Å². The van der Waals surface area contributed by atoms with Crippen LogP contribution in [0.25, 0.3) is 0 Å². The first-order chi connectivity index (χ1) is 10.6. The van der Waals surface area contributed by atoms with Crippen LogP contribution in [-0.4, -0.2) is 39.4 Å². The molecule has 1 saturated carbocycles. The highest BCUT2D eigenvalue weighted by Crippen LogP contribution is 2.49. The Hall–Kier alpha value is -0.853. The van der Waals surface area contributed by atoms with Gasteiger partial charge in [-0.25, -0.2) is 4.79 Å². The number of rotatable bonds is 4. The summed E-state index contributed by atoms with van der Waals surface area (Å²) in [7, 11) is -0.620. The van der Waals surface area contributed by atoms with Gasteiger partial charge < -0.3 is 19.0 Å². The zero-order valence-electron chi connectivity index (χ0n) is 15.1. The van der Waals surface area contributed by atoms with Gasteiger partial charge in [0.2, 0.25) is 0 Å². The maximum atomic E-state index is 12.0. The van der Waals surface area contributed by atoms with E-state index in [2.05, 4.69) is 33.9 Å². The summed E-state index contributed by atoms with van der Waals surface area (Å²) in [4.78, 5) is 12.0. The maximum absolute atomic E-state index is 12.0. The number of hydrogen-bond acceptors (Lipinski definition) is 5. The summed E-state index contributed by atoms with van der Waals surface area (Å²) in [6.07, 6.45) is 2.86. The minimum absolute atomic E-state index is 0.00762. The second-order valence-corrected chi connectivity index (χ2v) is 12.9. The lowest BCUT2D eigenvalue weighted by molar-refractivity contribution is -0.143. The van der Waals surface area contributed by atoms with Crippen LogP contribution in [0.2, 0.25) is 18.1 Å². The highest BCUT2D eigenvalue weighted by Gasteiger charge is 2.51. The highest BCUT2D eigenvalue weighted by atomic mass is 28.4. The molecule has 0 amide bonds. The van der Waals surface area contributed by atoms with E-state index < -0.39 is 14.6 Å². The Labute approximate surface area is 140 Å². The fourth-order valence-electron chi connectivity index (χ4n) is 3.30. The van der Waals surface area contributed by atoms with E-state index in [4.69, 9.17) is 13.9 Å². The van der Waals surface area contributed by atoms with Crippen LogP contribution >= 0.6 is 0 Å². The number of carbonyl (C=O) groups excluding carboxylic acids is 1. The predicted octanol–water partition coefficient (Wildman–Crippen LogP) is 3.06. The number of esters is 1. The smallest absolute Gasteiger partial charge is 0.337 e. The van der Waals surface area contributed by atoms with E-state index in [-0.39, 0.29) is 35.4 Å². The summed E-state index contributed by atoms with van der Waals surface area (Å²) in [5.74, 6) is -0.191. The molecule has 0 aromatic heterocycles. The van der Waals surface area contributed by atoms with Crippen molar-refractivity contribution in [1.29, 1.82) is 0 Å². The number of aliphatic hydroxyl groups excluding tert-OH is 1. The molecule has 0 aromatic carbocycles. The molecule has 6 heteroatoms. The van der Waals surface area contributed by atoms with Gasteiger partial charge in [-0.05, 0) is 36.9 Å². The van der Waals surface area contributed by atoms with Crippen LogP contribution in [-0.2, 0) is 18.7 Å². The molecule has 0 radical (unpaired) electrons. The molecule has 2 aliphatic rings. The van der Waals surface area contributed by atoms with Crippen LogP contribution in [0.15, 0.2) is 11.8 Å². The second kappa shape index (κ2) is 6.57. The van der Waals surface area contributed by atoms with Gasteiger partial charge in [-0.2, -0.15) is 0 Å². The van der Waals surface area contributed by atoms with E-state index in [1.54, 1.807) is 0 Å². The van der Waals surface area contributed by atoms with Crippen LogP contribution in [0.1, 0.15) is 33.6 Å². The van der Waals surface area contributed by atoms with Gasteiger partial charge in [0.05, 0.1) is 18.9 Å². The Morgan fingerprint density at radius 2 is 2.04 bits per heavy atom. The molecule has 1 aliphatic heterocycles. The lowest BCUT2D eigenvalue weighted by Gasteiger charge is -2.43. The van der Waals surface area contributed by atoms with Crippen molar-refractivity contribution in [1.82, 2.24) is 0 Å². The normalized spacial score (nSPS) is 31.2. The van der Waals surface area contributed by atoms with Crippen molar-refractivity contribution in [2.24, 2.45) is 17.8 Å². The van der Waals surface area contributed by atoms with Crippen LogP contribution in [0, 0.1) is 17.8 Å². The molecule has 0 saturated heterocycles. The van der Waals surface area contributed by atoms with E-state index >= 15 is 0 Å². The van der Waals surface area contributed by atoms with E-state index in [0.717, 1.165) is 12.8 Å². The van der Waals surface area contributed by atoms with Gasteiger partial charge in [0.15, 0.2) is 14.6 Å². The molecule has 1 aliphatic carbocycles. The van der Waals surface area contributed by atoms with E-state index in [0.29, 0.717) is 5.57 Å². The largest absolute Gasteiger partial charge is 0.473 e. The standard InChI is InChI=1S/C17H30O5Si/c1-17(2,3)23(5,6)22-16-14-11(9-18)7-8-12(14)13(10-21-16)15(19)20-4/h10-12,14,16,18H,7-9H2,1-6H3. The van der Waals surface area contributed by atoms with Crippen molar-refractivity contribution >= 4 is 14.3 Å². The van der Waals surface area contributed by atoms with Gasteiger partial charge in [0.1, 0.15) is 0 Å². The molecular weight excluding hydrogens is 312 g/mol. The number of carbonyl (C=O) groups is 1. The third-order valence-corrected chi connectivity index (χ3v) is 10.2. The van der Waals surface area contributed by atoms with Crippen LogP contribution in [0.5, 0.6) is 0 Å². The molecule has 4 unspecified atom stereocenters. The summed E-state index contributed by atoms with van der Waals surface area (Å²) >= 11 is 0. The SMILES string of the molecule is COC(=O)C1=COC(O[Si](C)(C)C(C)(C)C)C2C(CO)CCC12. The molecule has 1 N–H and O–H groups in total. The number of ether oxygens (including phenoxy) is 2. The Morgan fingerprint density at radius 3 is 2.57 bits per heavy atom. The van der Waals surface area contributed by atoms with Crippen molar-refractivity contribution in [3.05, 3.63) is 11.8 Å².